The number of aromatic nitrogens is 2. The van der Waals surface area contributed by atoms with Gasteiger partial charge in [0.1, 0.15) is 18.2 Å². The van der Waals surface area contributed by atoms with Crippen molar-refractivity contribution < 1.29 is 13.9 Å². The third-order valence-electron chi connectivity index (χ3n) is 3.78. The fourth-order valence-corrected chi connectivity index (χ4v) is 2.33. The number of hydrogen-bond donors (Lipinski definition) is 3. The lowest BCUT2D eigenvalue weighted by Gasteiger charge is -2.07. The van der Waals surface area contributed by atoms with Crippen molar-refractivity contribution in [3.05, 3.63) is 76.9 Å². The smallest absolute Gasteiger partial charge is 0.213 e. The van der Waals surface area contributed by atoms with Crippen molar-refractivity contribution in [3.63, 3.8) is 0 Å². The molecule has 2 rings (SSSR count). The predicted octanol–water partition coefficient (Wildman–Crippen LogP) is 3.11. The van der Waals surface area contributed by atoms with Gasteiger partial charge < -0.3 is 21.9 Å². The summed E-state index contributed by atoms with van der Waals surface area (Å²) in [7, 11) is 0. The number of allylic oxidation sites excluding steroid dienone is 5. The number of rotatable bonds is 8. The van der Waals surface area contributed by atoms with Crippen LogP contribution in [0.4, 0.5) is 16.0 Å². The Morgan fingerprint density at radius 2 is 1.93 bits per heavy atom. The summed E-state index contributed by atoms with van der Waals surface area (Å²) in [5.74, 6) is 0.112. The third-order valence-corrected chi connectivity index (χ3v) is 3.78. The lowest BCUT2D eigenvalue weighted by atomic mass is 10.1. The molecule has 0 aliphatic heterocycles. The van der Waals surface area contributed by atoms with Gasteiger partial charge in [0.05, 0.1) is 11.4 Å². The van der Waals surface area contributed by atoms with Gasteiger partial charge in [0.2, 0.25) is 5.88 Å². The zero-order chi connectivity index (χ0) is 21.4. The van der Waals surface area contributed by atoms with E-state index in [4.69, 9.17) is 21.9 Å². The Morgan fingerprint density at radius 1 is 1.17 bits per heavy atom. The van der Waals surface area contributed by atoms with E-state index in [1.54, 1.807) is 24.4 Å². The van der Waals surface area contributed by atoms with E-state index in [2.05, 4.69) is 9.97 Å². The quantitative estimate of drug-likeness (QED) is 0.354. The van der Waals surface area contributed by atoms with Crippen LogP contribution in [0.5, 0.6) is 5.88 Å². The second-order valence-corrected chi connectivity index (χ2v) is 6.49. The number of nitrogens with two attached hydrogens (primary N) is 3. The fourth-order valence-electron chi connectivity index (χ4n) is 2.33. The van der Waals surface area contributed by atoms with Crippen LogP contribution in [-0.2, 0) is 6.42 Å². The molecule has 7 nitrogen and oxygen atoms in total. The van der Waals surface area contributed by atoms with Gasteiger partial charge in [0.25, 0.3) is 0 Å². The molecule has 2 heterocycles. The number of ether oxygens (including phenoxy) is 1. The van der Waals surface area contributed by atoms with Crippen LogP contribution in [-0.4, -0.2) is 22.4 Å². The van der Waals surface area contributed by atoms with Crippen molar-refractivity contribution in [1.82, 2.24) is 9.97 Å². The molecular weight excluding hydrogens is 373 g/mol. The SMILES string of the molecule is C/C(F)=C\C=C(/C)COc1ccc(C/C(N)=C/C(=O)c2ccc(N)nc2N)cn1. The third kappa shape index (κ3) is 7.10. The summed E-state index contributed by atoms with van der Waals surface area (Å²) < 4.78 is 18.2. The summed E-state index contributed by atoms with van der Waals surface area (Å²) in [6.07, 6.45) is 6.28. The molecule has 0 radical (unpaired) electrons. The summed E-state index contributed by atoms with van der Waals surface area (Å²) in [6, 6.07) is 6.52. The molecule has 0 amide bonds. The van der Waals surface area contributed by atoms with E-state index in [0.29, 0.717) is 24.6 Å². The molecule has 2 aromatic rings. The molecule has 0 aliphatic rings. The minimum absolute atomic E-state index is 0.0590. The van der Waals surface area contributed by atoms with E-state index >= 15 is 0 Å². The Bertz CT molecular complexity index is 962. The summed E-state index contributed by atoms with van der Waals surface area (Å²) in [5.41, 5.74) is 19.5. The van der Waals surface area contributed by atoms with Crippen LogP contribution >= 0.6 is 0 Å². The van der Waals surface area contributed by atoms with Gasteiger partial charge in [-0.15, -0.1) is 0 Å². The summed E-state index contributed by atoms with van der Waals surface area (Å²) in [6.45, 7) is 3.50. The zero-order valence-electron chi connectivity index (χ0n) is 16.4. The molecule has 0 aromatic carbocycles. The second kappa shape index (κ2) is 10.0. The first-order valence-corrected chi connectivity index (χ1v) is 8.84. The molecule has 0 atom stereocenters. The van der Waals surface area contributed by atoms with Crippen LogP contribution in [0, 0.1) is 0 Å². The summed E-state index contributed by atoms with van der Waals surface area (Å²) in [5, 5.41) is 0. The van der Waals surface area contributed by atoms with Crippen LogP contribution in [0.3, 0.4) is 0 Å². The first-order valence-electron chi connectivity index (χ1n) is 8.84. The first-order chi connectivity index (χ1) is 13.7. The number of pyridine rings is 2. The number of nitrogen functional groups attached to an aromatic ring is 2. The summed E-state index contributed by atoms with van der Waals surface area (Å²) >= 11 is 0. The number of anilines is 2. The van der Waals surface area contributed by atoms with Crippen molar-refractivity contribution in [3.8, 4) is 5.88 Å². The van der Waals surface area contributed by atoms with Crippen LogP contribution < -0.4 is 21.9 Å². The standard InChI is InChI=1S/C21H24FN5O2/c1-13(3-4-14(2)22)12-29-20-8-5-15(11-26-20)9-16(23)10-18(28)17-6-7-19(24)27-21(17)25/h3-8,10-11H,9,12,23H2,1-2H3,(H4,24,25,27)/b13-3+,14-4+,16-10-. The maximum Gasteiger partial charge on any atom is 0.213 e. The van der Waals surface area contributed by atoms with Gasteiger partial charge in [-0.05, 0) is 43.2 Å². The van der Waals surface area contributed by atoms with E-state index in [9.17, 15) is 9.18 Å². The monoisotopic (exact) mass is 397 g/mol. The van der Waals surface area contributed by atoms with E-state index in [0.717, 1.165) is 11.1 Å². The van der Waals surface area contributed by atoms with Gasteiger partial charge >= 0.3 is 0 Å². The number of nitrogens with zero attached hydrogens (tertiary/aromatic N) is 2. The summed E-state index contributed by atoms with van der Waals surface area (Å²) in [4.78, 5) is 20.4. The average Bonchev–Trinajstić information content (AvgIpc) is 2.65. The largest absolute Gasteiger partial charge is 0.473 e. The highest BCUT2D eigenvalue weighted by atomic mass is 19.1. The highest BCUT2D eigenvalue weighted by Crippen LogP contribution is 2.15. The van der Waals surface area contributed by atoms with E-state index < -0.39 is 0 Å². The first kappa shape index (κ1) is 21.6. The van der Waals surface area contributed by atoms with Gasteiger partial charge in [0.15, 0.2) is 5.78 Å². The lowest BCUT2D eigenvalue weighted by Crippen LogP contribution is -2.09. The van der Waals surface area contributed by atoms with E-state index in [1.165, 1.54) is 31.2 Å². The number of carbonyl (C=O) groups is 1. The average molecular weight is 397 g/mol. The Kier molecular flexibility index (Phi) is 7.47. The maximum atomic E-state index is 12.7. The molecule has 6 N–H and O–H groups in total. The molecule has 0 saturated carbocycles. The molecule has 2 aromatic heterocycles. The number of hydrogen-bond acceptors (Lipinski definition) is 7. The molecule has 0 unspecified atom stereocenters. The molecule has 29 heavy (non-hydrogen) atoms. The molecule has 0 aliphatic carbocycles. The Hall–Kier alpha value is -3.68. The van der Waals surface area contributed by atoms with Crippen molar-refractivity contribution in [2.24, 2.45) is 5.73 Å². The predicted molar refractivity (Wildman–Crippen MR) is 112 cm³/mol. The normalized spacial score (nSPS) is 12.7. The minimum atomic E-state index is -0.347. The van der Waals surface area contributed by atoms with E-state index in [-0.39, 0.29) is 28.8 Å². The van der Waals surface area contributed by atoms with Gasteiger partial charge in [-0.25, -0.2) is 14.4 Å². The number of halogens is 1. The minimum Gasteiger partial charge on any atom is -0.473 e. The highest BCUT2D eigenvalue weighted by molar-refractivity contribution is 6.08. The Balaban J connectivity index is 1.96. The van der Waals surface area contributed by atoms with Gasteiger partial charge in [-0.3, -0.25) is 4.79 Å². The molecular formula is C21H24FN5O2. The van der Waals surface area contributed by atoms with Crippen LogP contribution in [0.25, 0.3) is 0 Å². The molecule has 8 heteroatoms. The number of ketones is 1. The van der Waals surface area contributed by atoms with Crippen molar-refractivity contribution in [2.75, 3.05) is 18.1 Å². The Labute approximate surface area is 168 Å². The lowest BCUT2D eigenvalue weighted by molar-refractivity contribution is 0.104. The molecule has 0 saturated heterocycles. The van der Waals surface area contributed by atoms with E-state index in [1.807, 2.05) is 6.92 Å². The van der Waals surface area contributed by atoms with Gasteiger partial charge in [0, 0.05) is 30.5 Å². The van der Waals surface area contributed by atoms with Crippen molar-refractivity contribution >= 4 is 17.4 Å². The van der Waals surface area contributed by atoms with Gasteiger partial charge in [-0.1, -0.05) is 12.1 Å². The highest BCUT2D eigenvalue weighted by Gasteiger charge is 2.10. The maximum absolute atomic E-state index is 12.7. The molecule has 0 fully saturated rings. The van der Waals surface area contributed by atoms with Crippen LogP contribution in [0.2, 0.25) is 0 Å². The Morgan fingerprint density at radius 3 is 2.55 bits per heavy atom. The fraction of sp³-hybridized carbons (Fsp3) is 0.190. The second-order valence-electron chi connectivity index (χ2n) is 6.49. The molecule has 0 spiro atoms. The van der Waals surface area contributed by atoms with Crippen LogP contribution in [0.1, 0.15) is 29.8 Å². The zero-order valence-corrected chi connectivity index (χ0v) is 16.4. The topological polar surface area (TPSA) is 130 Å². The van der Waals surface area contributed by atoms with Crippen LogP contribution in [0.15, 0.2) is 65.8 Å². The van der Waals surface area contributed by atoms with Crippen molar-refractivity contribution in [1.29, 1.82) is 0 Å². The van der Waals surface area contributed by atoms with Gasteiger partial charge in [-0.2, -0.15) is 0 Å². The molecule has 152 valence electrons. The van der Waals surface area contributed by atoms with Crippen molar-refractivity contribution in [2.45, 2.75) is 20.3 Å². The molecule has 0 bridgehead atoms. The number of carbonyl (C=O) groups excluding carboxylic acids is 1.